The summed E-state index contributed by atoms with van der Waals surface area (Å²) in [7, 11) is 2.05. The van der Waals surface area contributed by atoms with Gasteiger partial charge in [-0.05, 0) is 46.7 Å². The Morgan fingerprint density at radius 3 is 2.95 bits per heavy atom. The number of aromatic nitrogens is 1. The first kappa shape index (κ1) is 14.1. The first-order valence-corrected chi connectivity index (χ1v) is 8.55. The van der Waals surface area contributed by atoms with Gasteiger partial charge >= 0.3 is 0 Å². The number of halogens is 1. The highest BCUT2D eigenvalue weighted by molar-refractivity contribution is 9.10. The lowest BCUT2D eigenvalue weighted by Gasteiger charge is -2.23. The van der Waals surface area contributed by atoms with Crippen LogP contribution in [0.3, 0.4) is 0 Å². The predicted molar refractivity (Wildman–Crippen MR) is 88.4 cm³/mol. The highest BCUT2D eigenvalue weighted by Gasteiger charge is 2.29. The summed E-state index contributed by atoms with van der Waals surface area (Å²) >= 11 is 5.40. The molecule has 4 heteroatoms. The molecular weight excluding hydrogens is 332 g/mol. The van der Waals surface area contributed by atoms with E-state index in [1.807, 2.05) is 18.0 Å². The monoisotopic (exact) mass is 348 g/mol. The second-order valence-electron chi connectivity index (χ2n) is 5.02. The second kappa shape index (κ2) is 6.29. The van der Waals surface area contributed by atoms with Gasteiger partial charge in [0.05, 0.1) is 0 Å². The Bertz CT molecular complexity index is 585. The number of nitrogens with zero attached hydrogens (tertiary/aromatic N) is 1. The molecule has 2 unspecified atom stereocenters. The predicted octanol–water partition coefficient (Wildman–Crippen LogP) is 3.86. The number of benzene rings is 1. The second-order valence-corrected chi connectivity index (χ2v) is 7.00. The van der Waals surface area contributed by atoms with E-state index in [0.29, 0.717) is 12.0 Å². The highest BCUT2D eigenvalue weighted by atomic mass is 79.9. The molecule has 0 saturated heterocycles. The summed E-state index contributed by atoms with van der Waals surface area (Å²) in [5.41, 5.74) is 2.62. The molecule has 0 radical (unpaired) electrons. The molecule has 2 heterocycles. The smallest absolute Gasteiger partial charge is 0.0420 e. The van der Waals surface area contributed by atoms with Gasteiger partial charge in [-0.2, -0.15) is 0 Å². The van der Waals surface area contributed by atoms with Gasteiger partial charge in [-0.1, -0.05) is 18.2 Å². The summed E-state index contributed by atoms with van der Waals surface area (Å²) < 4.78 is 1.03. The lowest BCUT2D eigenvalue weighted by Crippen LogP contribution is -2.34. The lowest BCUT2D eigenvalue weighted by atomic mass is 9.90. The first-order valence-electron chi connectivity index (χ1n) is 6.77. The zero-order chi connectivity index (χ0) is 13.9. The van der Waals surface area contributed by atoms with Crippen molar-refractivity contribution in [3.05, 3.63) is 58.3 Å². The number of thioether (sulfide) groups is 1. The Morgan fingerprint density at radius 1 is 1.35 bits per heavy atom. The van der Waals surface area contributed by atoms with E-state index in [1.54, 1.807) is 0 Å². The van der Waals surface area contributed by atoms with Crippen LogP contribution in [0.4, 0.5) is 0 Å². The maximum Gasteiger partial charge on any atom is 0.0420 e. The quantitative estimate of drug-likeness (QED) is 0.907. The number of pyridine rings is 1. The molecule has 1 aliphatic rings. The number of likely N-dealkylation sites (N-methyl/N-ethyl adjacent to an activating group) is 1. The molecule has 1 aromatic carbocycles. The molecule has 1 aliphatic heterocycles. The van der Waals surface area contributed by atoms with Crippen molar-refractivity contribution in [3.8, 4) is 0 Å². The minimum absolute atomic E-state index is 0.430. The van der Waals surface area contributed by atoms with Crippen molar-refractivity contribution in [2.24, 2.45) is 0 Å². The minimum Gasteiger partial charge on any atom is -0.316 e. The summed E-state index contributed by atoms with van der Waals surface area (Å²) in [5.74, 6) is 1.72. The molecule has 0 aliphatic carbocycles. The average Bonchev–Trinajstić information content (AvgIpc) is 2.91. The van der Waals surface area contributed by atoms with Gasteiger partial charge in [0.2, 0.25) is 0 Å². The van der Waals surface area contributed by atoms with E-state index in [1.165, 1.54) is 10.5 Å². The summed E-state index contributed by atoms with van der Waals surface area (Å²) in [5, 5.41) is 3.48. The van der Waals surface area contributed by atoms with Crippen LogP contribution in [0.1, 0.15) is 17.2 Å². The summed E-state index contributed by atoms with van der Waals surface area (Å²) in [6.07, 6.45) is 2.84. The van der Waals surface area contributed by atoms with Crippen LogP contribution >= 0.6 is 27.7 Å². The summed E-state index contributed by atoms with van der Waals surface area (Å²) in [6.45, 7) is 0. The molecule has 0 amide bonds. The average molecular weight is 349 g/mol. The fourth-order valence-corrected chi connectivity index (χ4v) is 4.28. The van der Waals surface area contributed by atoms with Crippen molar-refractivity contribution >= 4 is 27.7 Å². The van der Waals surface area contributed by atoms with Crippen molar-refractivity contribution in [2.75, 3.05) is 12.8 Å². The Hall–Kier alpha value is -0.840. The molecule has 20 heavy (non-hydrogen) atoms. The number of fused-ring (bicyclic) bond motifs is 1. The Balaban J connectivity index is 1.79. The molecule has 2 atom stereocenters. The van der Waals surface area contributed by atoms with Gasteiger partial charge in [0.1, 0.15) is 0 Å². The molecule has 3 rings (SSSR count). The van der Waals surface area contributed by atoms with Crippen molar-refractivity contribution in [3.63, 3.8) is 0 Å². The molecule has 0 saturated carbocycles. The van der Waals surface area contributed by atoms with E-state index >= 15 is 0 Å². The van der Waals surface area contributed by atoms with Crippen molar-refractivity contribution in [1.82, 2.24) is 10.3 Å². The highest BCUT2D eigenvalue weighted by Crippen LogP contribution is 2.41. The third kappa shape index (κ3) is 2.92. The molecule has 0 spiro atoms. The fourth-order valence-electron chi connectivity index (χ4n) is 2.72. The maximum atomic E-state index is 4.50. The molecule has 0 bridgehead atoms. The van der Waals surface area contributed by atoms with Crippen LogP contribution in [-0.4, -0.2) is 23.8 Å². The third-order valence-corrected chi connectivity index (χ3v) is 5.49. The molecule has 1 N–H and O–H groups in total. The molecule has 0 fully saturated rings. The van der Waals surface area contributed by atoms with Gasteiger partial charge in [-0.3, -0.25) is 4.98 Å². The van der Waals surface area contributed by atoms with E-state index < -0.39 is 0 Å². The van der Waals surface area contributed by atoms with Gasteiger partial charge < -0.3 is 5.32 Å². The number of hydrogen-bond acceptors (Lipinski definition) is 3. The van der Waals surface area contributed by atoms with Crippen LogP contribution in [0, 0.1) is 0 Å². The lowest BCUT2D eigenvalue weighted by molar-refractivity contribution is 0.484. The number of rotatable bonds is 4. The largest absolute Gasteiger partial charge is 0.316 e. The zero-order valence-electron chi connectivity index (χ0n) is 11.3. The number of nitrogens with one attached hydrogen (secondary N) is 1. The van der Waals surface area contributed by atoms with Gasteiger partial charge in [0.25, 0.3) is 0 Å². The summed E-state index contributed by atoms with van der Waals surface area (Å²) in [4.78, 5) is 5.93. The molecule has 2 nitrogen and oxygen atoms in total. The van der Waals surface area contributed by atoms with Gasteiger partial charge in [0, 0.05) is 45.4 Å². The number of hydrogen-bond donors (Lipinski definition) is 1. The van der Waals surface area contributed by atoms with Crippen LogP contribution in [0.15, 0.2) is 52.0 Å². The standard InChI is InChI=1S/C16H17BrN2S/c1-18-15(8-12-7-6-11(17)9-19-12)14-10-20-16-5-3-2-4-13(14)16/h2-7,9,14-15,18H,8,10H2,1H3. The van der Waals surface area contributed by atoms with E-state index in [2.05, 4.69) is 69.7 Å². The van der Waals surface area contributed by atoms with Crippen LogP contribution in [0.25, 0.3) is 0 Å². The SMILES string of the molecule is CNC(Cc1ccc(Br)cn1)C1CSc2ccccc21. The van der Waals surface area contributed by atoms with Gasteiger partial charge in [-0.15, -0.1) is 11.8 Å². The maximum absolute atomic E-state index is 4.50. The minimum atomic E-state index is 0.430. The van der Waals surface area contributed by atoms with E-state index in [0.717, 1.165) is 22.3 Å². The van der Waals surface area contributed by atoms with Gasteiger partial charge in [-0.25, -0.2) is 0 Å². The van der Waals surface area contributed by atoms with Crippen LogP contribution in [0.5, 0.6) is 0 Å². The Labute approximate surface area is 132 Å². The van der Waals surface area contributed by atoms with Crippen LogP contribution < -0.4 is 5.32 Å². The Morgan fingerprint density at radius 2 is 2.20 bits per heavy atom. The topological polar surface area (TPSA) is 24.9 Å². The molecule has 2 aromatic rings. The Kier molecular flexibility index (Phi) is 4.44. The normalized spacial score (nSPS) is 18.8. The van der Waals surface area contributed by atoms with E-state index in [9.17, 15) is 0 Å². The first-order chi connectivity index (χ1) is 9.78. The third-order valence-electron chi connectivity index (χ3n) is 3.81. The molecular formula is C16H17BrN2S. The molecule has 104 valence electrons. The van der Waals surface area contributed by atoms with Crippen molar-refractivity contribution in [2.45, 2.75) is 23.3 Å². The van der Waals surface area contributed by atoms with Crippen LogP contribution in [0.2, 0.25) is 0 Å². The van der Waals surface area contributed by atoms with Crippen molar-refractivity contribution in [1.29, 1.82) is 0 Å². The van der Waals surface area contributed by atoms with E-state index in [4.69, 9.17) is 0 Å². The van der Waals surface area contributed by atoms with Gasteiger partial charge in [0.15, 0.2) is 0 Å². The van der Waals surface area contributed by atoms with Crippen LogP contribution in [-0.2, 0) is 6.42 Å². The zero-order valence-corrected chi connectivity index (χ0v) is 13.7. The summed E-state index contributed by atoms with van der Waals surface area (Å²) in [6, 6.07) is 13.3. The van der Waals surface area contributed by atoms with E-state index in [-0.39, 0.29) is 0 Å². The molecule has 1 aromatic heterocycles. The van der Waals surface area contributed by atoms with Crippen molar-refractivity contribution < 1.29 is 0 Å². The fraction of sp³-hybridized carbons (Fsp3) is 0.312.